The molecule has 1 saturated heterocycles. The fourth-order valence-corrected chi connectivity index (χ4v) is 3.81. The number of nitrogens with zero attached hydrogens (tertiary/aromatic N) is 3. The van der Waals surface area contributed by atoms with Crippen molar-refractivity contribution in [2.24, 2.45) is 5.92 Å². The van der Waals surface area contributed by atoms with Crippen molar-refractivity contribution >= 4 is 16.7 Å². The Morgan fingerprint density at radius 2 is 2.13 bits per heavy atom. The summed E-state index contributed by atoms with van der Waals surface area (Å²) >= 11 is 1.57. The number of aryl methyl sites for hydroxylation is 1. The highest BCUT2D eigenvalue weighted by Crippen LogP contribution is 2.39. The number of anilines is 1. The molecule has 2 fully saturated rings. The summed E-state index contributed by atoms with van der Waals surface area (Å²) in [6.07, 6.45) is 6.99. The van der Waals surface area contributed by atoms with Gasteiger partial charge in [-0.25, -0.2) is 4.98 Å². The number of hydrogen-bond acceptors (Lipinski definition) is 4. The fraction of sp³-hybridized carbons (Fsp3) is 0.818. The molecule has 2 unspecified atom stereocenters. The molecule has 82 valence electrons. The Morgan fingerprint density at radius 3 is 2.93 bits per heavy atom. The molecule has 3 nitrogen and oxygen atoms in total. The Balaban J connectivity index is 1.82. The molecular weight excluding hydrogens is 206 g/mol. The van der Waals surface area contributed by atoms with Gasteiger partial charge >= 0.3 is 0 Å². The summed E-state index contributed by atoms with van der Waals surface area (Å²) < 4.78 is 4.29. The quantitative estimate of drug-likeness (QED) is 0.733. The highest BCUT2D eigenvalue weighted by Gasteiger charge is 2.36. The van der Waals surface area contributed by atoms with E-state index in [0.717, 1.165) is 22.9 Å². The highest BCUT2D eigenvalue weighted by atomic mass is 32.1. The van der Waals surface area contributed by atoms with Crippen LogP contribution in [0.5, 0.6) is 0 Å². The summed E-state index contributed by atoms with van der Waals surface area (Å²) in [5.41, 5.74) is 0. The van der Waals surface area contributed by atoms with Gasteiger partial charge in [-0.3, -0.25) is 0 Å². The predicted molar refractivity (Wildman–Crippen MR) is 62.4 cm³/mol. The Kier molecular flexibility index (Phi) is 2.39. The fourth-order valence-electron chi connectivity index (χ4n) is 3.05. The maximum absolute atomic E-state index is 4.52. The zero-order chi connectivity index (χ0) is 10.3. The van der Waals surface area contributed by atoms with Gasteiger partial charge in [0, 0.05) is 24.1 Å². The second kappa shape index (κ2) is 3.74. The second-order valence-corrected chi connectivity index (χ2v) is 5.45. The third kappa shape index (κ3) is 1.65. The summed E-state index contributed by atoms with van der Waals surface area (Å²) in [6, 6.07) is 0.770. The molecule has 0 amide bonds. The molecule has 1 aliphatic heterocycles. The molecule has 0 N–H and O–H groups in total. The molecule has 0 aromatic carbocycles. The van der Waals surface area contributed by atoms with Crippen LogP contribution in [0.3, 0.4) is 0 Å². The molecule has 2 aliphatic rings. The van der Waals surface area contributed by atoms with Crippen LogP contribution in [0.1, 0.15) is 37.9 Å². The Hall–Kier alpha value is -0.640. The third-order valence-corrected chi connectivity index (χ3v) is 4.62. The molecule has 4 heteroatoms. The number of rotatable bonds is 1. The lowest BCUT2D eigenvalue weighted by Gasteiger charge is -2.31. The smallest absolute Gasteiger partial charge is 0.205 e. The number of aromatic nitrogens is 2. The van der Waals surface area contributed by atoms with Gasteiger partial charge in [-0.1, -0.05) is 12.8 Å². The number of hydrogen-bond donors (Lipinski definition) is 0. The summed E-state index contributed by atoms with van der Waals surface area (Å²) in [7, 11) is 0. The second-order valence-electron chi connectivity index (χ2n) is 4.72. The van der Waals surface area contributed by atoms with E-state index >= 15 is 0 Å². The molecular formula is C11H17N3S. The minimum atomic E-state index is 0.770. The van der Waals surface area contributed by atoms with E-state index < -0.39 is 0 Å². The van der Waals surface area contributed by atoms with E-state index in [1.165, 1.54) is 38.6 Å². The molecule has 15 heavy (non-hydrogen) atoms. The molecule has 3 rings (SSSR count). The van der Waals surface area contributed by atoms with E-state index in [-0.39, 0.29) is 0 Å². The first-order chi connectivity index (χ1) is 7.34. The van der Waals surface area contributed by atoms with E-state index in [1.54, 1.807) is 11.5 Å². The lowest BCUT2D eigenvalue weighted by molar-refractivity contribution is 0.342. The average molecular weight is 223 g/mol. The van der Waals surface area contributed by atoms with Crippen molar-refractivity contribution in [3.8, 4) is 0 Å². The van der Waals surface area contributed by atoms with Crippen molar-refractivity contribution < 1.29 is 0 Å². The van der Waals surface area contributed by atoms with Crippen LogP contribution in [0.2, 0.25) is 0 Å². The van der Waals surface area contributed by atoms with Gasteiger partial charge in [0.1, 0.15) is 5.82 Å². The van der Waals surface area contributed by atoms with Crippen LogP contribution in [-0.2, 0) is 0 Å². The minimum absolute atomic E-state index is 0.770. The Morgan fingerprint density at radius 1 is 1.27 bits per heavy atom. The van der Waals surface area contributed by atoms with Crippen LogP contribution in [0.15, 0.2) is 0 Å². The summed E-state index contributed by atoms with van der Waals surface area (Å²) in [4.78, 5) is 7.03. The standard InChI is InChI=1S/C11H17N3S/c1-8-12-11(15-13-8)14-7-6-9-4-2-3-5-10(9)14/h9-10H,2-7H2,1H3. The molecule has 0 bridgehead atoms. The van der Waals surface area contributed by atoms with E-state index in [0.29, 0.717) is 0 Å². The Bertz CT molecular complexity index is 349. The summed E-state index contributed by atoms with van der Waals surface area (Å²) in [5.74, 6) is 1.86. The van der Waals surface area contributed by atoms with Crippen molar-refractivity contribution in [2.45, 2.75) is 45.1 Å². The van der Waals surface area contributed by atoms with Gasteiger partial charge in [0.15, 0.2) is 0 Å². The van der Waals surface area contributed by atoms with Crippen LogP contribution in [0.25, 0.3) is 0 Å². The van der Waals surface area contributed by atoms with Crippen molar-refractivity contribution in [3.63, 3.8) is 0 Å². The van der Waals surface area contributed by atoms with E-state index in [1.807, 2.05) is 6.92 Å². The largest absolute Gasteiger partial charge is 0.344 e. The van der Waals surface area contributed by atoms with Gasteiger partial charge in [0.25, 0.3) is 0 Å². The summed E-state index contributed by atoms with van der Waals surface area (Å²) in [6.45, 7) is 3.18. The maximum Gasteiger partial charge on any atom is 0.205 e. The van der Waals surface area contributed by atoms with Crippen LogP contribution in [0, 0.1) is 12.8 Å². The average Bonchev–Trinajstić information content (AvgIpc) is 2.83. The first-order valence-corrected chi connectivity index (χ1v) is 6.69. The molecule has 2 atom stereocenters. The molecule has 1 saturated carbocycles. The highest BCUT2D eigenvalue weighted by molar-refractivity contribution is 7.09. The van der Waals surface area contributed by atoms with Gasteiger partial charge in [0.2, 0.25) is 5.13 Å². The zero-order valence-electron chi connectivity index (χ0n) is 9.15. The molecule has 1 aromatic rings. The van der Waals surface area contributed by atoms with E-state index in [9.17, 15) is 0 Å². The van der Waals surface area contributed by atoms with Crippen LogP contribution in [-0.4, -0.2) is 21.9 Å². The van der Waals surface area contributed by atoms with Crippen LogP contribution >= 0.6 is 11.5 Å². The van der Waals surface area contributed by atoms with Crippen LogP contribution < -0.4 is 4.90 Å². The van der Waals surface area contributed by atoms with Gasteiger partial charge in [0.05, 0.1) is 0 Å². The van der Waals surface area contributed by atoms with Crippen LogP contribution in [0.4, 0.5) is 5.13 Å². The molecule has 0 spiro atoms. The molecule has 0 radical (unpaired) electrons. The van der Waals surface area contributed by atoms with Gasteiger partial charge in [-0.15, -0.1) is 0 Å². The molecule has 2 heterocycles. The predicted octanol–water partition coefficient (Wildman–Crippen LogP) is 2.62. The first-order valence-electron chi connectivity index (χ1n) is 5.91. The van der Waals surface area contributed by atoms with Gasteiger partial charge in [-0.2, -0.15) is 4.37 Å². The van der Waals surface area contributed by atoms with Gasteiger partial charge in [-0.05, 0) is 32.1 Å². The maximum atomic E-state index is 4.52. The third-order valence-electron chi connectivity index (χ3n) is 3.77. The van der Waals surface area contributed by atoms with E-state index in [4.69, 9.17) is 0 Å². The zero-order valence-corrected chi connectivity index (χ0v) is 9.96. The SMILES string of the molecule is Cc1nsc(N2CCC3CCCCC32)n1. The normalized spacial score (nSPS) is 30.6. The summed E-state index contributed by atoms with van der Waals surface area (Å²) in [5, 5.41) is 1.15. The molecule has 1 aromatic heterocycles. The first kappa shape index (κ1) is 9.58. The lowest BCUT2D eigenvalue weighted by atomic mass is 9.85. The monoisotopic (exact) mass is 223 g/mol. The van der Waals surface area contributed by atoms with E-state index in [2.05, 4.69) is 14.3 Å². The molecule has 1 aliphatic carbocycles. The topological polar surface area (TPSA) is 29.0 Å². The Labute approximate surface area is 94.7 Å². The van der Waals surface area contributed by atoms with Crippen molar-refractivity contribution in [3.05, 3.63) is 5.82 Å². The van der Waals surface area contributed by atoms with Crippen molar-refractivity contribution in [1.82, 2.24) is 9.36 Å². The minimum Gasteiger partial charge on any atom is -0.344 e. The lowest BCUT2D eigenvalue weighted by Crippen LogP contribution is -2.34. The van der Waals surface area contributed by atoms with Crippen molar-refractivity contribution in [2.75, 3.05) is 11.4 Å². The number of fused-ring (bicyclic) bond motifs is 1. The van der Waals surface area contributed by atoms with Crippen molar-refractivity contribution in [1.29, 1.82) is 0 Å². The van der Waals surface area contributed by atoms with Gasteiger partial charge < -0.3 is 4.90 Å².